The number of thioether (sulfide) groups is 1. The zero-order chi connectivity index (χ0) is 13.1. The van der Waals surface area contributed by atoms with Gasteiger partial charge in [0.25, 0.3) is 0 Å². The smallest absolute Gasteiger partial charge is 0.223 e. The normalized spacial score (nSPS) is 21.1. The second kappa shape index (κ2) is 5.84. The van der Waals surface area contributed by atoms with E-state index in [2.05, 4.69) is 0 Å². The van der Waals surface area contributed by atoms with Crippen molar-refractivity contribution in [2.45, 2.75) is 25.8 Å². The van der Waals surface area contributed by atoms with E-state index in [1.54, 1.807) is 6.92 Å². The fourth-order valence-corrected chi connectivity index (χ4v) is 2.56. The summed E-state index contributed by atoms with van der Waals surface area (Å²) < 4.78 is 0. The molecule has 1 rings (SSSR count). The molecule has 1 atom stereocenters. The van der Waals surface area contributed by atoms with Gasteiger partial charge in [0.05, 0.1) is 18.8 Å². The van der Waals surface area contributed by atoms with Gasteiger partial charge in [-0.05, 0) is 12.8 Å². The highest BCUT2D eigenvalue weighted by atomic mass is 32.2. The second-order valence-corrected chi connectivity index (χ2v) is 5.89. The number of aliphatic hydroxyl groups excluding tert-OH is 2. The summed E-state index contributed by atoms with van der Waals surface area (Å²) in [5.74, 6) is 0.670. The van der Waals surface area contributed by atoms with Crippen molar-refractivity contribution < 1.29 is 19.8 Å². The first kappa shape index (κ1) is 14.5. The van der Waals surface area contributed by atoms with Gasteiger partial charge in [0.2, 0.25) is 5.91 Å². The lowest BCUT2D eigenvalue weighted by molar-refractivity contribution is -0.136. The Labute approximate surface area is 105 Å². The first-order valence-corrected chi connectivity index (χ1v) is 6.57. The molecule has 0 aliphatic carbocycles. The molecular formula is C11H19NO4S. The average molecular weight is 261 g/mol. The van der Waals surface area contributed by atoms with Gasteiger partial charge in [-0.15, -0.1) is 0 Å². The van der Waals surface area contributed by atoms with Crippen LogP contribution in [0.25, 0.3) is 0 Å². The molecule has 98 valence electrons. The maximum Gasteiger partial charge on any atom is 0.223 e. The molecule has 5 nitrogen and oxygen atoms in total. The molecule has 17 heavy (non-hydrogen) atoms. The first-order valence-electron chi connectivity index (χ1n) is 5.58. The fourth-order valence-electron chi connectivity index (χ4n) is 1.87. The van der Waals surface area contributed by atoms with Crippen LogP contribution in [0.5, 0.6) is 0 Å². The Morgan fingerprint density at radius 2 is 2.12 bits per heavy atom. The van der Waals surface area contributed by atoms with E-state index in [4.69, 9.17) is 0 Å². The van der Waals surface area contributed by atoms with Crippen LogP contribution < -0.4 is 0 Å². The third kappa shape index (κ3) is 3.43. The Balaban J connectivity index is 2.60. The lowest BCUT2D eigenvalue weighted by Gasteiger charge is -2.35. The number of hydrogen-bond donors (Lipinski definition) is 2. The topological polar surface area (TPSA) is 77.8 Å². The van der Waals surface area contributed by atoms with Crippen LogP contribution in [0.2, 0.25) is 0 Å². The minimum atomic E-state index is -0.896. The molecule has 0 aromatic heterocycles. The molecule has 1 aliphatic heterocycles. The van der Waals surface area contributed by atoms with Crippen LogP contribution in [-0.4, -0.2) is 57.2 Å². The zero-order valence-corrected chi connectivity index (χ0v) is 11.0. The summed E-state index contributed by atoms with van der Waals surface area (Å²) in [4.78, 5) is 24.2. The number of hydrogen-bond acceptors (Lipinski definition) is 5. The molecule has 1 amide bonds. The van der Waals surface area contributed by atoms with Crippen LogP contribution >= 0.6 is 11.8 Å². The van der Waals surface area contributed by atoms with Gasteiger partial charge in [0, 0.05) is 25.6 Å². The number of nitrogens with zero attached hydrogens (tertiary/aromatic N) is 1. The minimum absolute atomic E-state index is 0.0444. The van der Waals surface area contributed by atoms with Crippen LogP contribution in [0.15, 0.2) is 0 Å². The average Bonchev–Trinajstić information content (AvgIpc) is 2.67. The highest BCUT2D eigenvalue weighted by Gasteiger charge is 2.40. The quantitative estimate of drug-likeness (QED) is 0.720. The summed E-state index contributed by atoms with van der Waals surface area (Å²) >= 11 is 1.22. The predicted octanol–water partition coefficient (Wildman–Crippen LogP) is -0.142. The zero-order valence-electron chi connectivity index (χ0n) is 10.2. The monoisotopic (exact) mass is 261 g/mol. The van der Waals surface area contributed by atoms with Gasteiger partial charge in [-0.3, -0.25) is 9.59 Å². The van der Waals surface area contributed by atoms with Crippen LogP contribution in [0, 0.1) is 5.92 Å². The Morgan fingerprint density at radius 3 is 2.59 bits per heavy atom. The van der Waals surface area contributed by atoms with Gasteiger partial charge in [0.15, 0.2) is 5.12 Å². The molecular weight excluding hydrogens is 242 g/mol. The molecule has 6 heteroatoms. The van der Waals surface area contributed by atoms with Crippen molar-refractivity contribution in [1.29, 1.82) is 0 Å². The number of carbonyl (C=O) groups excluding carboxylic acids is 2. The van der Waals surface area contributed by atoms with Crippen molar-refractivity contribution in [3.63, 3.8) is 0 Å². The Hall–Kier alpha value is -0.590. The van der Waals surface area contributed by atoms with Crippen molar-refractivity contribution in [2.75, 3.05) is 25.5 Å². The van der Waals surface area contributed by atoms with Crippen molar-refractivity contribution >= 4 is 22.8 Å². The molecule has 0 aromatic rings. The summed E-state index contributed by atoms with van der Waals surface area (Å²) in [5.41, 5.74) is -0.896. The number of amides is 1. The number of rotatable bonds is 5. The van der Waals surface area contributed by atoms with E-state index in [1.165, 1.54) is 23.6 Å². The van der Waals surface area contributed by atoms with Gasteiger partial charge >= 0.3 is 0 Å². The van der Waals surface area contributed by atoms with Gasteiger partial charge in [-0.1, -0.05) is 11.8 Å². The van der Waals surface area contributed by atoms with Crippen LogP contribution in [-0.2, 0) is 9.59 Å². The van der Waals surface area contributed by atoms with Gasteiger partial charge in [-0.2, -0.15) is 0 Å². The van der Waals surface area contributed by atoms with E-state index in [1.807, 2.05) is 0 Å². The molecule has 0 spiro atoms. The highest BCUT2D eigenvalue weighted by molar-refractivity contribution is 8.13. The number of likely N-dealkylation sites (tertiary alicyclic amines) is 1. The standard InChI is InChI=1S/C11H19NO4S/c1-8(15)17-5-9-3-10(16)12(4-9)11(2,6-13)7-14/h9,13-14H,3-7H2,1-2H3. The molecule has 0 aromatic carbocycles. The second-order valence-electron chi connectivity index (χ2n) is 4.69. The largest absolute Gasteiger partial charge is 0.394 e. The van der Waals surface area contributed by atoms with Gasteiger partial charge < -0.3 is 15.1 Å². The van der Waals surface area contributed by atoms with Crippen LogP contribution in [0.1, 0.15) is 20.3 Å². The van der Waals surface area contributed by atoms with Crippen LogP contribution in [0.3, 0.4) is 0 Å². The lowest BCUT2D eigenvalue weighted by Crippen LogP contribution is -2.52. The third-order valence-corrected chi connectivity index (χ3v) is 4.10. The SMILES string of the molecule is CC(=O)SCC1CC(=O)N(C(C)(CO)CO)C1. The molecule has 1 aliphatic rings. The summed E-state index contributed by atoms with van der Waals surface area (Å²) in [6.07, 6.45) is 0.385. The molecule has 1 fully saturated rings. The van der Waals surface area contributed by atoms with Crippen molar-refractivity contribution in [2.24, 2.45) is 5.92 Å². The van der Waals surface area contributed by atoms with Crippen LogP contribution in [0.4, 0.5) is 0 Å². The molecule has 2 N–H and O–H groups in total. The molecule has 1 heterocycles. The Kier molecular flexibility index (Phi) is 4.97. The third-order valence-electron chi connectivity index (χ3n) is 3.06. The Bertz CT molecular complexity index is 304. The van der Waals surface area contributed by atoms with E-state index in [9.17, 15) is 19.8 Å². The highest BCUT2D eigenvalue weighted by Crippen LogP contribution is 2.28. The lowest BCUT2D eigenvalue weighted by atomic mass is 10.0. The molecule has 0 saturated carbocycles. The van der Waals surface area contributed by atoms with E-state index in [0.29, 0.717) is 18.7 Å². The predicted molar refractivity (Wildman–Crippen MR) is 65.5 cm³/mol. The molecule has 1 unspecified atom stereocenters. The molecule has 1 saturated heterocycles. The Morgan fingerprint density at radius 1 is 1.53 bits per heavy atom. The number of aliphatic hydroxyl groups is 2. The van der Waals surface area contributed by atoms with Crippen molar-refractivity contribution in [1.82, 2.24) is 4.90 Å². The van der Waals surface area contributed by atoms with E-state index in [-0.39, 0.29) is 30.2 Å². The fraction of sp³-hybridized carbons (Fsp3) is 0.818. The maximum atomic E-state index is 11.8. The van der Waals surface area contributed by atoms with Crippen molar-refractivity contribution in [3.8, 4) is 0 Å². The maximum absolute atomic E-state index is 11.8. The van der Waals surface area contributed by atoms with Crippen molar-refractivity contribution in [3.05, 3.63) is 0 Å². The summed E-state index contributed by atoms with van der Waals surface area (Å²) in [5, 5.41) is 18.6. The van der Waals surface area contributed by atoms with E-state index >= 15 is 0 Å². The minimum Gasteiger partial charge on any atom is -0.394 e. The first-order chi connectivity index (χ1) is 7.92. The summed E-state index contributed by atoms with van der Waals surface area (Å²) in [6, 6.07) is 0. The molecule has 0 bridgehead atoms. The van der Waals surface area contributed by atoms with Gasteiger partial charge in [0.1, 0.15) is 0 Å². The van der Waals surface area contributed by atoms with E-state index < -0.39 is 5.54 Å². The van der Waals surface area contributed by atoms with Gasteiger partial charge in [-0.25, -0.2) is 0 Å². The summed E-state index contributed by atoms with van der Waals surface area (Å²) in [6.45, 7) is 3.14. The molecule has 0 radical (unpaired) electrons. The summed E-state index contributed by atoms with van der Waals surface area (Å²) in [7, 11) is 0. The van der Waals surface area contributed by atoms with E-state index in [0.717, 1.165) is 0 Å². The number of carbonyl (C=O) groups is 2.